The topological polar surface area (TPSA) is 245 Å². The highest BCUT2D eigenvalue weighted by Gasteiger charge is 2.38. The molecule has 198 valence electrons. The fourth-order valence-corrected chi connectivity index (χ4v) is 3.80. The van der Waals surface area contributed by atoms with E-state index in [1.807, 2.05) is 0 Å². The summed E-state index contributed by atoms with van der Waals surface area (Å²) in [6.45, 7) is 0.141. The van der Waals surface area contributed by atoms with Gasteiger partial charge >= 0.3 is 17.9 Å². The molecule has 15 nitrogen and oxygen atoms in total. The Morgan fingerprint density at radius 1 is 1.03 bits per heavy atom. The molecule has 2 rings (SSSR count). The zero-order valence-corrected chi connectivity index (χ0v) is 19.4. The normalized spacial score (nSPS) is 17.6. The first-order valence-corrected chi connectivity index (χ1v) is 11.3. The third-order valence-electron chi connectivity index (χ3n) is 5.70. The van der Waals surface area contributed by atoms with Gasteiger partial charge in [0.25, 0.3) is 0 Å². The number of hydrogen-bond acceptors (Lipinski definition) is 8. The molecule has 1 aliphatic rings. The Hall–Kier alpha value is -4.01. The molecule has 0 radical (unpaired) electrons. The van der Waals surface area contributed by atoms with E-state index >= 15 is 0 Å². The van der Waals surface area contributed by atoms with Crippen molar-refractivity contribution in [2.45, 2.75) is 69.1 Å². The lowest BCUT2D eigenvalue weighted by Gasteiger charge is -2.28. The first-order chi connectivity index (χ1) is 17.0. The van der Waals surface area contributed by atoms with Gasteiger partial charge < -0.3 is 41.6 Å². The number of nitrogens with zero attached hydrogens (tertiary/aromatic N) is 2. The van der Waals surface area contributed by atoms with Crippen molar-refractivity contribution in [3.05, 3.63) is 18.2 Å². The summed E-state index contributed by atoms with van der Waals surface area (Å²) in [5.41, 5.74) is 6.19. The number of aliphatic carboxylic acids is 3. The largest absolute Gasteiger partial charge is 0.481 e. The molecule has 1 fully saturated rings. The molecule has 15 heteroatoms. The molecule has 0 bridgehead atoms. The van der Waals surface area contributed by atoms with E-state index in [0.717, 1.165) is 4.90 Å². The van der Waals surface area contributed by atoms with E-state index in [2.05, 4.69) is 20.6 Å². The molecular weight excluding hydrogens is 480 g/mol. The van der Waals surface area contributed by atoms with Crippen molar-refractivity contribution in [1.82, 2.24) is 25.5 Å². The number of amides is 3. The minimum Gasteiger partial charge on any atom is -0.481 e. The summed E-state index contributed by atoms with van der Waals surface area (Å²) < 4.78 is 0. The number of carbonyl (C=O) groups excluding carboxylic acids is 3. The summed E-state index contributed by atoms with van der Waals surface area (Å²) in [5, 5.41) is 32.1. The molecule has 8 N–H and O–H groups in total. The van der Waals surface area contributed by atoms with Crippen LogP contribution in [0.2, 0.25) is 0 Å². The molecule has 0 aliphatic carbocycles. The third-order valence-corrected chi connectivity index (χ3v) is 5.70. The van der Waals surface area contributed by atoms with Gasteiger partial charge in [-0.3, -0.25) is 24.0 Å². The van der Waals surface area contributed by atoms with Crippen LogP contribution in [0, 0.1) is 0 Å². The van der Waals surface area contributed by atoms with Crippen LogP contribution in [0.5, 0.6) is 0 Å². The summed E-state index contributed by atoms with van der Waals surface area (Å²) in [6.07, 6.45) is 2.02. The van der Waals surface area contributed by atoms with E-state index < -0.39 is 66.2 Å². The van der Waals surface area contributed by atoms with Crippen LogP contribution >= 0.6 is 0 Å². The van der Waals surface area contributed by atoms with E-state index in [1.54, 1.807) is 0 Å². The Morgan fingerprint density at radius 3 is 2.25 bits per heavy atom. The minimum absolute atomic E-state index is 0.0927. The van der Waals surface area contributed by atoms with Gasteiger partial charge in [0.05, 0.1) is 12.4 Å². The Morgan fingerprint density at radius 2 is 1.67 bits per heavy atom. The van der Waals surface area contributed by atoms with Crippen LogP contribution < -0.4 is 16.4 Å². The Bertz CT molecular complexity index is 967. The van der Waals surface area contributed by atoms with Crippen molar-refractivity contribution in [1.29, 1.82) is 0 Å². The van der Waals surface area contributed by atoms with Gasteiger partial charge in [0, 0.05) is 37.7 Å². The van der Waals surface area contributed by atoms with Gasteiger partial charge in [0.15, 0.2) is 0 Å². The van der Waals surface area contributed by atoms with E-state index in [0.29, 0.717) is 12.1 Å². The van der Waals surface area contributed by atoms with Gasteiger partial charge in [0.2, 0.25) is 17.7 Å². The molecule has 4 unspecified atom stereocenters. The van der Waals surface area contributed by atoms with Crippen molar-refractivity contribution in [2.75, 3.05) is 6.54 Å². The van der Waals surface area contributed by atoms with Gasteiger partial charge in [-0.1, -0.05) is 0 Å². The fourth-order valence-electron chi connectivity index (χ4n) is 3.80. The second-order valence-corrected chi connectivity index (χ2v) is 8.40. The summed E-state index contributed by atoms with van der Waals surface area (Å²) in [5.74, 6) is -5.94. The highest BCUT2D eigenvalue weighted by atomic mass is 16.4. The molecule has 0 spiro atoms. The number of aromatic amines is 1. The van der Waals surface area contributed by atoms with Crippen molar-refractivity contribution in [2.24, 2.45) is 5.73 Å². The van der Waals surface area contributed by atoms with Crippen LogP contribution in [-0.2, 0) is 35.2 Å². The number of H-pyrrole nitrogens is 1. The summed E-state index contributed by atoms with van der Waals surface area (Å²) >= 11 is 0. The highest BCUT2D eigenvalue weighted by Crippen LogP contribution is 2.20. The number of rotatable bonds is 14. The van der Waals surface area contributed by atoms with Crippen LogP contribution in [0.25, 0.3) is 0 Å². The number of carboxylic acid groups (broad SMARTS) is 3. The zero-order valence-electron chi connectivity index (χ0n) is 19.4. The number of carbonyl (C=O) groups is 6. The van der Waals surface area contributed by atoms with Crippen molar-refractivity contribution >= 4 is 35.6 Å². The van der Waals surface area contributed by atoms with Crippen LogP contribution in [0.15, 0.2) is 12.5 Å². The Kier molecular flexibility index (Phi) is 10.3. The van der Waals surface area contributed by atoms with Gasteiger partial charge in [-0.2, -0.15) is 0 Å². The molecule has 1 aromatic rings. The second kappa shape index (κ2) is 13.2. The van der Waals surface area contributed by atoms with E-state index in [-0.39, 0.29) is 38.6 Å². The smallest absolute Gasteiger partial charge is 0.326 e. The first-order valence-electron chi connectivity index (χ1n) is 11.3. The maximum absolute atomic E-state index is 13.2. The van der Waals surface area contributed by atoms with Gasteiger partial charge in [-0.05, 0) is 25.7 Å². The molecule has 1 saturated heterocycles. The number of carboxylic acids is 3. The number of imidazole rings is 1. The maximum atomic E-state index is 13.2. The van der Waals surface area contributed by atoms with Crippen LogP contribution in [0.1, 0.15) is 44.2 Å². The van der Waals surface area contributed by atoms with E-state index in [1.165, 1.54) is 12.5 Å². The average Bonchev–Trinajstić information content (AvgIpc) is 3.51. The van der Waals surface area contributed by atoms with Crippen LogP contribution in [0.3, 0.4) is 0 Å². The van der Waals surface area contributed by atoms with Crippen molar-refractivity contribution in [3.63, 3.8) is 0 Å². The Labute approximate surface area is 205 Å². The monoisotopic (exact) mass is 510 g/mol. The lowest BCUT2D eigenvalue weighted by atomic mass is 10.1. The fraction of sp³-hybridized carbons (Fsp3) is 0.571. The number of likely N-dealkylation sites (tertiary alicyclic amines) is 1. The standard InChI is InChI=1S/C21H30N6O9/c22-12(3-5-16(28)29)18(32)26-14(8-11-9-23-10-24-11)19(33)25-13(4-6-17(30)31)20(34)27-7-1-2-15(27)21(35)36/h9-10,12-15H,1-8,22H2,(H,23,24)(H,25,33)(H,26,32)(H,28,29)(H,30,31)(H,35,36). The van der Waals surface area contributed by atoms with Gasteiger partial charge in [-0.15, -0.1) is 0 Å². The molecule has 2 heterocycles. The predicted octanol–water partition coefficient (Wildman–Crippen LogP) is -1.95. The van der Waals surface area contributed by atoms with Crippen molar-refractivity contribution in [3.8, 4) is 0 Å². The molecule has 36 heavy (non-hydrogen) atoms. The molecule has 0 saturated carbocycles. The minimum atomic E-state index is -1.35. The van der Waals surface area contributed by atoms with Crippen molar-refractivity contribution < 1.29 is 44.1 Å². The molecule has 1 aliphatic heterocycles. The maximum Gasteiger partial charge on any atom is 0.326 e. The average molecular weight is 511 g/mol. The summed E-state index contributed by atoms with van der Waals surface area (Å²) in [7, 11) is 0. The van der Waals surface area contributed by atoms with Gasteiger partial charge in [-0.25, -0.2) is 9.78 Å². The van der Waals surface area contributed by atoms with Crippen LogP contribution in [0.4, 0.5) is 0 Å². The lowest BCUT2D eigenvalue weighted by Crippen LogP contribution is -2.57. The zero-order chi connectivity index (χ0) is 26.8. The molecule has 0 aromatic carbocycles. The number of nitrogens with one attached hydrogen (secondary N) is 3. The van der Waals surface area contributed by atoms with Crippen LogP contribution in [-0.4, -0.2) is 96.5 Å². The molecule has 1 aromatic heterocycles. The number of hydrogen-bond donors (Lipinski definition) is 7. The Balaban J connectivity index is 2.20. The number of aromatic nitrogens is 2. The van der Waals surface area contributed by atoms with E-state index in [4.69, 9.17) is 15.9 Å². The second-order valence-electron chi connectivity index (χ2n) is 8.40. The van der Waals surface area contributed by atoms with E-state index in [9.17, 15) is 33.9 Å². The molecule has 4 atom stereocenters. The summed E-state index contributed by atoms with van der Waals surface area (Å²) in [4.78, 5) is 79.9. The molecule has 3 amide bonds. The first kappa shape index (κ1) is 28.2. The third kappa shape index (κ3) is 8.33. The van der Waals surface area contributed by atoms with Gasteiger partial charge in [0.1, 0.15) is 18.1 Å². The predicted molar refractivity (Wildman–Crippen MR) is 120 cm³/mol. The SMILES string of the molecule is NC(CCC(=O)O)C(=O)NC(Cc1cnc[nH]1)C(=O)NC(CCC(=O)O)C(=O)N1CCCC1C(=O)O. The quantitative estimate of drug-likeness (QED) is 0.145. The number of nitrogens with two attached hydrogens (primary N) is 1. The summed E-state index contributed by atoms with van der Waals surface area (Å²) in [6, 6.07) is -4.93. The molecular formula is C21H30N6O9. The highest BCUT2D eigenvalue weighted by molar-refractivity contribution is 5.94. The lowest BCUT2D eigenvalue weighted by molar-refractivity contribution is -0.150.